The fourth-order valence-corrected chi connectivity index (χ4v) is 3.40. The number of aromatic nitrogens is 1. The van der Waals surface area contributed by atoms with Gasteiger partial charge >= 0.3 is 11.9 Å². The Hall–Kier alpha value is -2.63. The number of nitrogens with one attached hydrogen (secondary N) is 1. The minimum absolute atomic E-state index is 0.268. The zero-order valence-corrected chi connectivity index (χ0v) is 16.8. The first-order valence-electron chi connectivity index (χ1n) is 9.46. The highest BCUT2D eigenvalue weighted by molar-refractivity contribution is 5.99. The lowest BCUT2D eigenvalue weighted by atomic mass is 9.81. The number of esters is 2. The first kappa shape index (κ1) is 20.7. The van der Waals surface area contributed by atoms with Crippen LogP contribution >= 0.6 is 0 Å². The normalized spacial score (nSPS) is 14.9. The van der Waals surface area contributed by atoms with Gasteiger partial charge in [-0.1, -0.05) is 6.92 Å². The van der Waals surface area contributed by atoms with Crippen molar-refractivity contribution in [2.45, 2.75) is 53.5 Å². The molecule has 27 heavy (non-hydrogen) atoms. The number of allylic oxidation sites excluding steroid dienone is 2. The van der Waals surface area contributed by atoms with Crippen molar-refractivity contribution < 1.29 is 23.6 Å². The Morgan fingerprint density at radius 3 is 2.07 bits per heavy atom. The first-order valence-corrected chi connectivity index (χ1v) is 9.46. The van der Waals surface area contributed by atoms with E-state index >= 15 is 0 Å². The molecular weight excluding hydrogens is 344 g/mol. The molecule has 0 fully saturated rings. The second-order valence-corrected chi connectivity index (χ2v) is 6.45. The van der Waals surface area contributed by atoms with Crippen molar-refractivity contribution in [3.63, 3.8) is 0 Å². The maximum absolute atomic E-state index is 12.7. The van der Waals surface area contributed by atoms with Crippen molar-refractivity contribution in [1.29, 1.82) is 0 Å². The zero-order chi connectivity index (χ0) is 20.0. The highest BCUT2D eigenvalue weighted by Gasteiger charge is 2.38. The number of aryl methyl sites for hydroxylation is 1. The summed E-state index contributed by atoms with van der Waals surface area (Å²) in [6, 6.07) is 3.87. The van der Waals surface area contributed by atoms with Crippen LogP contribution in [0.1, 0.15) is 52.5 Å². The summed E-state index contributed by atoms with van der Waals surface area (Å²) in [7, 11) is 0. The van der Waals surface area contributed by atoms with Crippen LogP contribution in [0.25, 0.3) is 0 Å². The molecule has 0 aliphatic carbocycles. The summed E-state index contributed by atoms with van der Waals surface area (Å²) in [6.07, 6.45) is 4.95. The van der Waals surface area contributed by atoms with Gasteiger partial charge in [0.2, 0.25) is 0 Å². The van der Waals surface area contributed by atoms with E-state index in [1.807, 2.05) is 38.4 Å². The fourth-order valence-electron chi connectivity index (χ4n) is 3.40. The second kappa shape index (κ2) is 9.35. The number of ether oxygens (including phenoxy) is 2. The maximum Gasteiger partial charge on any atom is 0.336 e. The van der Waals surface area contributed by atoms with Gasteiger partial charge in [0.1, 0.15) is 6.54 Å². The average Bonchev–Trinajstić information content (AvgIpc) is 2.61. The van der Waals surface area contributed by atoms with Gasteiger partial charge in [-0.25, -0.2) is 14.2 Å². The van der Waals surface area contributed by atoms with Crippen molar-refractivity contribution in [3.8, 4) is 0 Å². The summed E-state index contributed by atoms with van der Waals surface area (Å²) in [5.74, 6) is -1.38. The minimum atomic E-state index is -0.534. The molecule has 1 aromatic rings. The van der Waals surface area contributed by atoms with Crippen LogP contribution in [0, 0.1) is 0 Å². The fraction of sp³-hybridized carbons (Fsp3) is 0.476. The Kier molecular flexibility index (Phi) is 7.16. The maximum atomic E-state index is 12.7. The highest BCUT2D eigenvalue weighted by Crippen LogP contribution is 2.38. The molecule has 6 nitrogen and oxygen atoms in total. The molecule has 0 aromatic carbocycles. The molecule has 6 heteroatoms. The van der Waals surface area contributed by atoms with Crippen molar-refractivity contribution >= 4 is 11.9 Å². The molecule has 0 bridgehead atoms. The predicted octanol–water partition coefficient (Wildman–Crippen LogP) is 2.75. The van der Waals surface area contributed by atoms with E-state index in [2.05, 4.69) is 16.8 Å². The monoisotopic (exact) mass is 373 g/mol. The van der Waals surface area contributed by atoms with Crippen LogP contribution in [0.2, 0.25) is 0 Å². The molecule has 0 saturated carbocycles. The van der Waals surface area contributed by atoms with Crippen LogP contribution < -0.4 is 9.88 Å². The average molecular weight is 373 g/mol. The van der Waals surface area contributed by atoms with E-state index in [1.165, 1.54) is 0 Å². The Balaban J connectivity index is 2.63. The Bertz CT molecular complexity index is 740. The minimum Gasteiger partial charge on any atom is -0.463 e. The molecule has 2 heterocycles. The molecule has 0 amide bonds. The zero-order valence-electron chi connectivity index (χ0n) is 16.8. The van der Waals surface area contributed by atoms with Crippen LogP contribution in [0.4, 0.5) is 0 Å². The lowest BCUT2D eigenvalue weighted by Gasteiger charge is -2.29. The van der Waals surface area contributed by atoms with Gasteiger partial charge in [0, 0.05) is 29.4 Å². The SMILES string of the molecule is CCC[n+]1cccc(C2C(C(=O)OCC)=C(C)NC(C)=C2C(=O)OCC)c1. The van der Waals surface area contributed by atoms with Crippen LogP contribution in [0.15, 0.2) is 47.1 Å². The summed E-state index contributed by atoms with van der Waals surface area (Å²) in [6.45, 7) is 10.7. The van der Waals surface area contributed by atoms with Gasteiger partial charge in [-0.3, -0.25) is 0 Å². The molecule has 0 unspecified atom stereocenters. The first-order chi connectivity index (χ1) is 12.9. The summed E-state index contributed by atoms with van der Waals surface area (Å²) in [4.78, 5) is 25.5. The Morgan fingerprint density at radius 2 is 1.59 bits per heavy atom. The Morgan fingerprint density at radius 1 is 1.04 bits per heavy atom. The van der Waals surface area contributed by atoms with E-state index in [0.717, 1.165) is 18.5 Å². The lowest BCUT2D eigenvalue weighted by molar-refractivity contribution is -0.697. The molecule has 0 radical (unpaired) electrons. The van der Waals surface area contributed by atoms with Crippen LogP contribution in [-0.2, 0) is 25.6 Å². The summed E-state index contributed by atoms with van der Waals surface area (Å²) >= 11 is 0. The van der Waals surface area contributed by atoms with Gasteiger partial charge in [-0.05, 0) is 33.8 Å². The van der Waals surface area contributed by atoms with Crippen molar-refractivity contribution in [2.75, 3.05) is 13.2 Å². The number of hydrogen-bond acceptors (Lipinski definition) is 5. The van der Waals surface area contributed by atoms with Gasteiger partial charge in [0.05, 0.1) is 30.3 Å². The molecule has 2 rings (SSSR count). The third kappa shape index (κ3) is 4.56. The number of rotatable bonds is 7. The van der Waals surface area contributed by atoms with Crippen LogP contribution in [0.3, 0.4) is 0 Å². The van der Waals surface area contributed by atoms with E-state index in [-0.39, 0.29) is 13.2 Å². The topological polar surface area (TPSA) is 68.5 Å². The third-order valence-corrected chi connectivity index (χ3v) is 4.45. The standard InChI is InChI=1S/C21H28N2O4/c1-6-11-23-12-9-10-16(13-23)19-17(20(24)26-7-2)14(4)22-15(5)18(19)21(25)27-8-3/h9-10,12-13,19H,6-8,11H2,1-5H3/p+1. The molecular formula is C21H29N2O4+. The second-order valence-electron chi connectivity index (χ2n) is 6.45. The van der Waals surface area contributed by atoms with Gasteiger partial charge in [0.25, 0.3) is 0 Å². The van der Waals surface area contributed by atoms with Crippen LogP contribution in [-0.4, -0.2) is 25.2 Å². The molecule has 0 spiro atoms. The molecule has 0 saturated heterocycles. The summed E-state index contributed by atoms with van der Waals surface area (Å²) < 4.78 is 12.6. The number of carbonyl (C=O) groups excluding carboxylic acids is 2. The summed E-state index contributed by atoms with van der Waals surface area (Å²) in [5.41, 5.74) is 3.13. The van der Waals surface area contributed by atoms with Crippen LogP contribution in [0.5, 0.6) is 0 Å². The molecule has 1 N–H and O–H groups in total. The smallest absolute Gasteiger partial charge is 0.336 e. The summed E-state index contributed by atoms with van der Waals surface area (Å²) in [5, 5.41) is 3.15. The third-order valence-electron chi connectivity index (χ3n) is 4.45. The van der Waals surface area contributed by atoms with Crippen molar-refractivity contribution in [1.82, 2.24) is 5.32 Å². The van der Waals surface area contributed by atoms with Crippen molar-refractivity contribution in [2.24, 2.45) is 0 Å². The van der Waals surface area contributed by atoms with E-state index in [1.54, 1.807) is 13.8 Å². The van der Waals surface area contributed by atoms with E-state index in [9.17, 15) is 9.59 Å². The van der Waals surface area contributed by atoms with Gasteiger partial charge in [-0.15, -0.1) is 0 Å². The molecule has 0 atom stereocenters. The number of carbonyl (C=O) groups is 2. The van der Waals surface area contributed by atoms with Gasteiger partial charge < -0.3 is 14.8 Å². The highest BCUT2D eigenvalue weighted by atomic mass is 16.5. The molecule has 1 aliphatic rings. The molecule has 1 aliphatic heterocycles. The predicted molar refractivity (Wildman–Crippen MR) is 101 cm³/mol. The number of hydrogen-bond donors (Lipinski definition) is 1. The number of pyridine rings is 1. The van der Waals surface area contributed by atoms with Gasteiger partial charge in [-0.2, -0.15) is 0 Å². The number of dihydropyridines is 1. The van der Waals surface area contributed by atoms with E-state index in [0.29, 0.717) is 22.5 Å². The number of nitrogens with zero attached hydrogens (tertiary/aromatic N) is 1. The quantitative estimate of drug-likeness (QED) is 0.588. The Labute approximate surface area is 160 Å². The van der Waals surface area contributed by atoms with E-state index in [4.69, 9.17) is 9.47 Å². The lowest BCUT2D eigenvalue weighted by Crippen LogP contribution is -2.36. The molecule has 1 aromatic heterocycles. The van der Waals surface area contributed by atoms with E-state index < -0.39 is 17.9 Å². The molecule has 146 valence electrons. The largest absolute Gasteiger partial charge is 0.463 e. The van der Waals surface area contributed by atoms with Crippen molar-refractivity contribution in [3.05, 3.63) is 52.6 Å². The van der Waals surface area contributed by atoms with Gasteiger partial charge in [0.15, 0.2) is 12.4 Å².